The number of anilines is 1. The summed E-state index contributed by atoms with van der Waals surface area (Å²) in [7, 11) is 0. The normalized spacial score (nSPS) is 21.1. The molecule has 1 fully saturated rings. The number of hydrogen-bond acceptors (Lipinski definition) is 2. The largest absolute Gasteiger partial charge is 0.338 e. The summed E-state index contributed by atoms with van der Waals surface area (Å²) >= 11 is 6.01. The van der Waals surface area contributed by atoms with Crippen LogP contribution in [0.4, 0.5) is 5.69 Å². The van der Waals surface area contributed by atoms with Gasteiger partial charge in [0.25, 0.3) is 0 Å². The first kappa shape index (κ1) is 17.1. The quantitative estimate of drug-likeness (QED) is 0.895. The van der Waals surface area contributed by atoms with Gasteiger partial charge in [-0.25, -0.2) is 0 Å². The van der Waals surface area contributed by atoms with Crippen LogP contribution in [0.25, 0.3) is 0 Å². The van der Waals surface area contributed by atoms with Crippen molar-refractivity contribution in [3.8, 4) is 0 Å². The molecule has 1 aliphatic heterocycles. The van der Waals surface area contributed by atoms with E-state index in [0.29, 0.717) is 23.7 Å². The Hall–Kier alpha value is -2.33. The number of benzene rings is 2. The Kier molecular flexibility index (Phi) is 4.45. The highest BCUT2D eigenvalue weighted by Crippen LogP contribution is 2.41. The fraction of sp³-hybridized carbons (Fsp3) is 0.333. The summed E-state index contributed by atoms with van der Waals surface area (Å²) in [5.41, 5.74) is 4.20. The number of nitrogens with zero attached hydrogens (tertiary/aromatic N) is 1. The third-order valence-electron chi connectivity index (χ3n) is 5.34. The van der Waals surface area contributed by atoms with Gasteiger partial charge in [0.15, 0.2) is 0 Å². The van der Waals surface area contributed by atoms with Crippen LogP contribution in [0.1, 0.15) is 23.1 Å². The number of carbonyl (C=O) groups is 2. The van der Waals surface area contributed by atoms with Gasteiger partial charge in [-0.3, -0.25) is 9.59 Å². The van der Waals surface area contributed by atoms with Crippen molar-refractivity contribution in [2.24, 2.45) is 11.8 Å². The maximum absolute atomic E-state index is 12.8. The number of rotatable bonds is 3. The lowest BCUT2D eigenvalue weighted by Crippen LogP contribution is -2.37. The van der Waals surface area contributed by atoms with E-state index in [1.54, 1.807) is 12.1 Å². The summed E-state index contributed by atoms with van der Waals surface area (Å²) in [4.78, 5) is 27.2. The maximum atomic E-state index is 12.8. The van der Waals surface area contributed by atoms with Crippen molar-refractivity contribution in [2.45, 2.75) is 26.3 Å². The van der Waals surface area contributed by atoms with Crippen LogP contribution in [0.5, 0.6) is 0 Å². The van der Waals surface area contributed by atoms with Gasteiger partial charge in [0, 0.05) is 23.8 Å². The molecule has 1 heterocycles. The molecule has 0 bridgehead atoms. The molecule has 1 N–H and O–H groups in total. The summed E-state index contributed by atoms with van der Waals surface area (Å²) in [6.07, 6.45) is 1.51. The van der Waals surface area contributed by atoms with E-state index >= 15 is 0 Å². The number of nitrogens with one attached hydrogen (secondary N) is 1. The first-order valence-electron chi connectivity index (χ1n) is 8.95. The van der Waals surface area contributed by atoms with Crippen LogP contribution in [0.2, 0.25) is 5.02 Å². The third-order valence-corrected chi connectivity index (χ3v) is 5.58. The zero-order valence-corrected chi connectivity index (χ0v) is 15.4. The van der Waals surface area contributed by atoms with Crippen molar-refractivity contribution >= 4 is 29.1 Å². The van der Waals surface area contributed by atoms with E-state index < -0.39 is 0 Å². The molecule has 2 aromatic carbocycles. The van der Waals surface area contributed by atoms with Gasteiger partial charge in [-0.05, 0) is 48.6 Å². The molecule has 1 saturated carbocycles. The predicted molar refractivity (Wildman–Crippen MR) is 102 cm³/mol. The Morgan fingerprint density at radius 3 is 2.69 bits per heavy atom. The van der Waals surface area contributed by atoms with E-state index in [1.165, 1.54) is 11.1 Å². The molecule has 2 unspecified atom stereocenters. The van der Waals surface area contributed by atoms with Crippen molar-refractivity contribution in [1.29, 1.82) is 0 Å². The van der Waals surface area contributed by atoms with Crippen molar-refractivity contribution < 1.29 is 9.59 Å². The molecule has 26 heavy (non-hydrogen) atoms. The standard InChI is InChI=1S/C21H21ClN2O2/c1-13-6-7-16(22)10-19(13)23-20(25)17-11-18(17)21(26)24-9-8-14-4-2-3-5-15(14)12-24/h2-7,10,17-18H,8-9,11-12H2,1H3,(H,23,25). The molecule has 2 aliphatic rings. The van der Waals surface area contributed by atoms with Crippen LogP contribution < -0.4 is 5.32 Å². The van der Waals surface area contributed by atoms with Crippen molar-refractivity contribution in [1.82, 2.24) is 4.90 Å². The van der Waals surface area contributed by atoms with Crippen LogP contribution in [-0.2, 0) is 22.6 Å². The lowest BCUT2D eigenvalue weighted by Gasteiger charge is -2.29. The van der Waals surface area contributed by atoms with Gasteiger partial charge in [-0.2, -0.15) is 0 Å². The Bertz CT molecular complexity index is 880. The Morgan fingerprint density at radius 2 is 1.88 bits per heavy atom. The number of carbonyl (C=O) groups excluding carboxylic acids is 2. The van der Waals surface area contributed by atoms with Crippen LogP contribution in [-0.4, -0.2) is 23.3 Å². The lowest BCUT2D eigenvalue weighted by molar-refractivity contribution is -0.135. The minimum absolute atomic E-state index is 0.0915. The average Bonchev–Trinajstić information content (AvgIpc) is 3.44. The van der Waals surface area contributed by atoms with Crippen molar-refractivity contribution in [3.63, 3.8) is 0 Å². The minimum Gasteiger partial charge on any atom is -0.338 e. The van der Waals surface area contributed by atoms with E-state index in [0.717, 1.165) is 18.5 Å². The highest BCUT2D eigenvalue weighted by Gasteiger charge is 2.49. The van der Waals surface area contributed by atoms with Gasteiger partial charge in [0.2, 0.25) is 11.8 Å². The molecular weight excluding hydrogens is 348 g/mol. The summed E-state index contributed by atoms with van der Waals surface area (Å²) in [5.74, 6) is -0.425. The van der Waals surface area contributed by atoms with Crippen LogP contribution in [0.15, 0.2) is 42.5 Å². The number of fused-ring (bicyclic) bond motifs is 1. The fourth-order valence-electron chi connectivity index (χ4n) is 3.63. The van der Waals surface area contributed by atoms with Gasteiger partial charge in [0.05, 0.1) is 11.8 Å². The van der Waals surface area contributed by atoms with Crippen LogP contribution >= 0.6 is 11.6 Å². The Morgan fingerprint density at radius 1 is 1.12 bits per heavy atom. The molecule has 5 heteroatoms. The molecule has 0 radical (unpaired) electrons. The van der Waals surface area contributed by atoms with E-state index in [1.807, 2.05) is 30.0 Å². The van der Waals surface area contributed by atoms with Gasteiger partial charge >= 0.3 is 0 Å². The van der Waals surface area contributed by atoms with Crippen LogP contribution in [0, 0.1) is 18.8 Å². The van der Waals surface area contributed by atoms with E-state index in [2.05, 4.69) is 17.4 Å². The first-order valence-corrected chi connectivity index (χ1v) is 9.33. The zero-order valence-electron chi connectivity index (χ0n) is 14.7. The summed E-state index contributed by atoms with van der Waals surface area (Å²) in [5, 5.41) is 3.51. The lowest BCUT2D eigenvalue weighted by atomic mass is 9.99. The molecule has 2 aromatic rings. The third kappa shape index (κ3) is 3.34. The second kappa shape index (κ2) is 6.76. The smallest absolute Gasteiger partial charge is 0.228 e. The molecule has 0 saturated heterocycles. The van der Waals surface area contributed by atoms with E-state index in [9.17, 15) is 9.59 Å². The SMILES string of the molecule is Cc1ccc(Cl)cc1NC(=O)C1CC1C(=O)N1CCc2ccccc2C1. The molecule has 2 atom stereocenters. The van der Waals surface area contributed by atoms with E-state index in [-0.39, 0.29) is 23.7 Å². The van der Waals surface area contributed by atoms with Crippen molar-refractivity contribution in [3.05, 3.63) is 64.2 Å². The molecule has 4 nitrogen and oxygen atoms in total. The number of amides is 2. The Labute approximate surface area is 158 Å². The summed E-state index contributed by atoms with van der Waals surface area (Å²) in [6.45, 7) is 3.30. The molecule has 0 aromatic heterocycles. The first-order chi connectivity index (χ1) is 12.5. The van der Waals surface area contributed by atoms with Gasteiger partial charge < -0.3 is 10.2 Å². The molecule has 0 spiro atoms. The second-order valence-electron chi connectivity index (χ2n) is 7.18. The molecule has 1 aliphatic carbocycles. The second-order valence-corrected chi connectivity index (χ2v) is 7.61. The van der Waals surface area contributed by atoms with Gasteiger partial charge in [-0.1, -0.05) is 41.9 Å². The van der Waals surface area contributed by atoms with Crippen molar-refractivity contribution in [2.75, 3.05) is 11.9 Å². The Balaban J connectivity index is 1.38. The monoisotopic (exact) mass is 368 g/mol. The van der Waals surface area contributed by atoms with Gasteiger partial charge in [0.1, 0.15) is 0 Å². The molecule has 4 rings (SSSR count). The number of aryl methyl sites for hydroxylation is 1. The molecule has 134 valence electrons. The highest BCUT2D eigenvalue weighted by atomic mass is 35.5. The van der Waals surface area contributed by atoms with Gasteiger partial charge in [-0.15, -0.1) is 0 Å². The predicted octanol–water partition coefficient (Wildman–Crippen LogP) is 3.81. The molecule has 2 amide bonds. The highest BCUT2D eigenvalue weighted by molar-refractivity contribution is 6.31. The summed E-state index contributed by atoms with van der Waals surface area (Å²) < 4.78 is 0. The van der Waals surface area contributed by atoms with E-state index in [4.69, 9.17) is 11.6 Å². The van der Waals surface area contributed by atoms with Crippen LogP contribution in [0.3, 0.4) is 0 Å². The minimum atomic E-state index is -0.238. The topological polar surface area (TPSA) is 49.4 Å². The number of halogens is 1. The fourth-order valence-corrected chi connectivity index (χ4v) is 3.80. The summed E-state index contributed by atoms with van der Waals surface area (Å²) in [6, 6.07) is 13.7. The maximum Gasteiger partial charge on any atom is 0.228 e. The average molecular weight is 369 g/mol. The zero-order chi connectivity index (χ0) is 18.3. The molecular formula is C21H21ClN2O2. The number of hydrogen-bond donors (Lipinski definition) is 1.